The average molecular weight is 429 g/mol. The minimum atomic E-state index is -0.493. The van der Waals surface area contributed by atoms with E-state index >= 15 is 0 Å². The summed E-state index contributed by atoms with van der Waals surface area (Å²) < 4.78 is 5.45. The highest BCUT2D eigenvalue weighted by Gasteiger charge is 2.27. The van der Waals surface area contributed by atoms with Crippen LogP contribution in [0.2, 0.25) is 0 Å². The summed E-state index contributed by atoms with van der Waals surface area (Å²) in [4.78, 5) is 26.9. The van der Waals surface area contributed by atoms with Crippen molar-refractivity contribution in [2.24, 2.45) is 0 Å². The first-order chi connectivity index (χ1) is 14.6. The smallest absolute Gasteiger partial charge is 0.410 e. The van der Waals surface area contributed by atoms with Gasteiger partial charge in [-0.05, 0) is 89.1 Å². The standard InChI is InChI=1S/C26H40N2O3/c1-8-10-18(3)22(9-2)23-17-20(12-11-19(23)4)24(29)27-21-13-15-28(16-14-21)25(30)31-26(5,6)7/h11-12,17,21H,8-10,13-16H2,1-7H3,(H,27,29)/b22-18+. The molecule has 172 valence electrons. The number of benzene rings is 1. The van der Waals surface area contributed by atoms with Crippen LogP contribution >= 0.6 is 0 Å². The number of allylic oxidation sites excluding steroid dienone is 2. The molecule has 0 aromatic heterocycles. The van der Waals surface area contributed by atoms with Gasteiger partial charge in [0.2, 0.25) is 0 Å². The zero-order chi connectivity index (χ0) is 23.2. The van der Waals surface area contributed by atoms with Gasteiger partial charge in [0.15, 0.2) is 0 Å². The summed E-state index contributed by atoms with van der Waals surface area (Å²) in [5, 5.41) is 3.17. The first-order valence-electron chi connectivity index (χ1n) is 11.6. The number of nitrogens with one attached hydrogen (secondary N) is 1. The fourth-order valence-electron chi connectivity index (χ4n) is 4.14. The van der Waals surface area contributed by atoms with E-state index in [4.69, 9.17) is 4.74 Å². The topological polar surface area (TPSA) is 58.6 Å². The van der Waals surface area contributed by atoms with Gasteiger partial charge in [0.1, 0.15) is 5.60 Å². The van der Waals surface area contributed by atoms with Gasteiger partial charge in [0.05, 0.1) is 0 Å². The lowest BCUT2D eigenvalue weighted by Crippen LogP contribution is -2.47. The molecule has 2 rings (SSSR count). The summed E-state index contributed by atoms with van der Waals surface area (Å²) in [6.45, 7) is 15.5. The largest absolute Gasteiger partial charge is 0.444 e. The lowest BCUT2D eigenvalue weighted by atomic mass is 9.91. The van der Waals surface area contributed by atoms with Gasteiger partial charge in [0.25, 0.3) is 5.91 Å². The first kappa shape index (κ1) is 25.0. The van der Waals surface area contributed by atoms with Crippen molar-refractivity contribution in [1.29, 1.82) is 0 Å². The summed E-state index contributed by atoms with van der Waals surface area (Å²) in [5.41, 5.74) is 5.34. The van der Waals surface area contributed by atoms with Gasteiger partial charge in [-0.1, -0.05) is 31.9 Å². The van der Waals surface area contributed by atoms with Crippen LogP contribution in [0.5, 0.6) is 0 Å². The Bertz CT molecular complexity index is 812. The summed E-state index contributed by atoms with van der Waals surface area (Å²) in [6.07, 6.45) is 4.35. The van der Waals surface area contributed by atoms with Crippen LogP contribution in [-0.4, -0.2) is 41.6 Å². The Labute approximate surface area is 188 Å². The SMILES string of the molecule is CCC/C(C)=C(\CC)c1cc(C(=O)NC2CCN(C(=O)OC(C)(C)C)CC2)ccc1C. The van der Waals surface area contributed by atoms with Crippen LogP contribution in [0.25, 0.3) is 5.57 Å². The van der Waals surface area contributed by atoms with E-state index in [1.54, 1.807) is 4.90 Å². The molecule has 1 aromatic carbocycles. The van der Waals surface area contributed by atoms with Crippen LogP contribution in [0, 0.1) is 6.92 Å². The van der Waals surface area contributed by atoms with Crippen molar-refractivity contribution in [1.82, 2.24) is 10.2 Å². The Hall–Kier alpha value is -2.30. The maximum Gasteiger partial charge on any atom is 0.410 e. The van der Waals surface area contributed by atoms with E-state index in [2.05, 4.69) is 33.0 Å². The molecule has 5 heteroatoms. The number of rotatable bonds is 6. The highest BCUT2D eigenvalue weighted by Crippen LogP contribution is 2.28. The molecular weight excluding hydrogens is 388 g/mol. The number of nitrogens with zero attached hydrogens (tertiary/aromatic N) is 1. The van der Waals surface area contributed by atoms with Gasteiger partial charge in [-0.2, -0.15) is 0 Å². The maximum atomic E-state index is 13.0. The summed E-state index contributed by atoms with van der Waals surface area (Å²) >= 11 is 0. The van der Waals surface area contributed by atoms with Crippen molar-refractivity contribution in [2.75, 3.05) is 13.1 Å². The number of likely N-dealkylation sites (tertiary alicyclic amines) is 1. The van der Waals surface area contributed by atoms with E-state index in [0.29, 0.717) is 18.7 Å². The fraction of sp³-hybridized carbons (Fsp3) is 0.615. The van der Waals surface area contributed by atoms with E-state index in [9.17, 15) is 9.59 Å². The molecule has 0 aliphatic carbocycles. The molecule has 0 bridgehead atoms. The van der Waals surface area contributed by atoms with E-state index in [1.807, 2.05) is 39.0 Å². The molecule has 1 N–H and O–H groups in total. The minimum Gasteiger partial charge on any atom is -0.444 e. The maximum absolute atomic E-state index is 13.0. The van der Waals surface area contributed by atoms with Crippen LogP contribution in [0.3, 0.4) is 0 Å². The molecule has 31 heavy (non-hydrogen) atoms. The second-order valence-corrected chi connectivity index (χ2v) is 9.61. The minimum absolute atomic E-state index is 0.0411. The third-order valence-corrected chi connectivity index (χ3v) is 5.80. The van der Waals surface area contributed by atoms with Crippen molar-refractivity contribution in [3.8, 4) is 0 Å². The second kappa shape index (κ2) is 10.8. The second-order valence-electron chi connectivity index (χ2n) is 9.61. The third kappa shape index (κ3) is 7.12. The van der Waals surface area contributed by atoms with Crippen molar-refractivity contribution in [2.45, 2.75) is 92.2 Å². The number of carbonyl (C=O) groups excluding carboxylic acids is 2. The van der Waals surface area contributed by atoms with E-state index in [0.717, 1.165) is 32.1 Å². The van der Waals surface area contributed by atoms with Gasteiger partial charge >= 0.3 is 6.09 Å². The highest BCUT2D eigenvalue weighted by atomic mass is 16.6. The Morgan fingerprint density at radius 3 is 2.35 bits per heavy atom. The van der Waals surface area contributed by atoms with E-state index in [-0.39, 0.29) is 18.0 Å². The van der Waals surface area contributed by atoms with Crippen LogP contribution in [0.1, 0.15) is 95.1 Å². The van der Waals surface area contributed by atoms with Crippen molar-refractivity contribution in [3.05, 3.63) is 40.5 Å². The molecule has 2 amide bonds. The highest BCUT2D eigenvalue weighted by molar-refractivity contribution is 5.95. The molecule has 0 saturated carbocycles. The number of hydrogen-bond acceptors (Lipinski definition) is 3. The molecule has 0 unspecified atom stereocenters. The summed E-state index contributed by atoms with van der Waals surface area (Å²) in [5.74, 6) is -0.0411. The van der Waals surface area contributed by atoms with Crippen molar-refractivity contribution < 1.29 is 14.3 Å². The molecule has 0 atom stereocenters. The molecule has 1 aromatic rings. The number of carbonyl (C=O) groups is 2. The first-order valence-corrected chi connectivity index (χ1v) is 11.6. The Kier molecular flexibility index (Phi) is 8.72. The van der Waals surface area contributed by atoms with Crippen molar-refractivity contribution >= 4 is 17.6 Å². The summed E-state index contributed by atoms with van der Waals surface area (Å²) in [7, 11) is 0. The number of aryl methyl sites for hydroxylation is 1. The van der Waals surface area contributed by atoms with E-state index in [1.165, 1.54) is 22.3 Å². The van der Waals surface area contributed by atoms with Crippen molar-refractivity contribution in [3.63, 3.8) is 0 Å². The van der Waals surface area contributed by atoms with Gasteiger partial charge in [-0.25, -0.2) is 4.79 Å². The number of amides is 2. The Morgan fingerprint density at radius 1 is 1.16 bits per heavy atom. The number of piperidine rings is 1. The molecule has 1 aliphatic heterocycles. The molecule has 5 nitrogen and oxygen atoms in total. The zero-order valence-electron chi connectivity index (χ0n) is 20.4. The lowest BCUT2D eigenvalue weighted by molar-refractivity contribution is 0.0199. The predicted octanol–water partition coefficient (Wildman–Crippen LogP) is 6.11. The third-order valence-electron chi connectivity index (χ3n) is 5.80. The molecule has 0 radical (unpaired) electrons. The predicted molar refractivity (Wildman–Crippen MR) is 127 cm³/mol. The van der Waals surface area contributed by atoms with Crippen LogP contribution in [-0.2, 0) is 4.74 Å². The van der Waals surface area contributed by atoms with Gasteiger partial charge < -0.3 is 15.0 Å². The molecular formula is C26H40N2O3. The summed E-state index contributed by atoms with van der Waals surface area (Å²) in [6, 6.07) is 6.06. The van der Waals surface area contributed by atoms with Gasteiger partial charge in [-0.15, -0.1) is 0 Å². The molecule has 1 saturated heterocycles. The normalized spacial score (nSPS) is 16.0. The van der Waals surface area contributed by atoms with Crippen LogP contribution in [0.4, 0.5) is 4.79 Å². The van der Waals surface area contributed by atoms with Gasteiger partial charge in [-0.3, -0.25) is 4.79 Å². The number of ether oxygens (including phenoxy) is 1. The fourth-order valence-corrected chi connectivity index (χ4v) is 4.14. The molecule has 0 spiro atoms. The monoisotopic (exact) mass is 428 g/mol. The van der Waals surface area contributed by atoms with Crippen LogP contribution in [0.15, 0.2) is 23.8 Å². The van der Waals surface area contributed by atoms with Crippen LogP contribution < -0.4 is 5.32 Å². The lowest BCUT2D eigenvalue weighted by Gasteiger charge is -2.33. The Balaban J connectivity index is 2.04. The molecule has 1 fully saturated rings. The molecule has 1 aliphatic rings. The van der Waals surface area contributed by atoms with Gasteiger partial charge in [0, 0.05) is 24.7 Å². The Morgan fingerprint density at radius 2 is 1.81 bits per heavy atom. The zero-order valence-corrected chi connectivity index (χ0v) is 20.4. The number of hydrogen-bond donors (Lipinski definition) is 1. The quantitative estimate of drug-likeness (QED) is 0.595. The molecule has 1 heterocycles. The van der Waals surface area contributed by atoms with E-state index < -0.39 is 5.60 Å². The average Bonchev–Trinajstić information content (AvgIpc) is 2.69.